The minimum absolute atomic E-state index is 0.0604. The second-order valence-electron chi connectivity index (χ2n) is 3.73. The number of rotatable bonds is 3. The molecule has 0 aromatic heterocycles. The monoisotopic (exact) mass is 289 g/mol. The molecule has 2 nitrogen and oxygen atoms in total. The van der Waals surface area contributed by atoms with E-state index in [0.29, 0.717) is 5.56 Å². The van der Waals surface area contributed by atoms with Gasteiger partial charge in [-0.1, -0.05) is 28.1 Å². The molecule has 0 spiro atoms. The van der Waals surface area contributed by atoms with Crippen molar-refractivity contribution in [3.8, 4) is 0 Å². The number of carbonyl (C=O) groups is 1. The molecule has 3 heteroatoms. The van der Waals surface area contributed by atoms with Crippen molar-refractivity contribution in [2.75, 3.05) is 5.32 Å². The van der Waals surface area contributed by atoms with Gasteiger partial charge < -0.3 is 5.32 Å². The van der Waals surface area contributed by atoms with Crippen LogP contribution in [0, 0.1) is 0 Å². The first-order valence-corrected chi connectivity index (χ1v) is 6.08. The molecule has 0 saturated carbocycles. The average Bonchev–Trinajstić information content (AvgIpc) is 2.32. The van der Waals surface area contributed by atoms with Gasteiger partial charge in [0.05, 0.1) is 0 Å². The van der Waals surface area contributed by atoms with Crippen molar-refractivity contribution in [2.24, 2.45) is 0 Å². The summed E-state index contributed by atoms with van der Waals surface area (Å²) in [4.78, 5) is 11.5. The summed E-state index contributed by atoms with van der Waals surface area (Å²) < 4.78 is 1.03. The third-order valence-corrected chi connectivity index (χ3v) is 2.96. The highest BCUT2D eigenvalue weighted by atomic mass is 79.9. The third kappa shape index (κ3) is 2.94. The minimum Gasteiger partial charge on any atom is -0.355 e. The van der Waals surface area contributed by atoms with Crippen molar-refractivity contribution in [1.29, 1.82) is 0 Å². The molecule has 1 N–H and O–H groups in total. The van der Waals surface area contributed by atoms with E-state index in [-0.39, 0.29) is 5.78 Å². The fourth-order valence-corrected chi connectivity index (χ4v) is 1.85. The first-order chi connectivity index (χ1) is 8.16. The smallest absolute Gasteiger partial charge is 0.161 e. The Morgan fingerprint density at radius 3 is 2.35 bits per heavy atom. The fraction of sp³-hybridized carbons (Fsp3) is 0.0714. The third-order valence-electron chi connectivity index (χ3n) is 2.43. The standard InChI is InChI=1S/C14H12BrNO/c1-10(17)13-4-2-3-5-14(13)16-12-8-6-11(15)7-9-12/h2-9,16H,1H3. The molecule has 2 rings (SSSR count). The summed E-state index contributed by atoms with van der Waals surface area (Å²) >= 11 is 3.39. The maximum absolute atomic E-state index is 11.5. The summed E-state index contributed by atoms with van der Waals surface area (Å²) in [7, 11) is 0. The molecule has 2 aromatic rings. The number of ketones is 1. The van der Waals surface area contributed by atoms with Crippen LogP contribution in [0.5, 0.6) is 0 Å². The molecule has 0 fully saturated rings. The molecule has 0 radical (unpaired) electrons. The van der Waals surface area contributed by atoms with E-state index < -0.39 is 0 Å². The maximum atomic E-state index is 11.5. The van der Waals surface area contributed by atoms with Crippen molar-refractivity contribution in [1.82, 2.24) is 0 Å². The van der Waals surface area contributed by atoms with E-state index in [1.54, 1.807) is 6.92 Å². The van der Waals surface area contributed by atoms with E-state index in [4.69, 9.17) is 0 Å². The van der Waals surface area contributed by atoms with E-state index in [1.807, 2.05) is 48.5 Å². The molecular weight excluding hydrogens is 278 g/mol. The Balaban J connectivity index is 2.30. The van der Waals surface area contributed by atoms with Crippen LogP contribution < -0.4 is 5.32 Å². The normalized spacial score (nSPS) is 10.0. The van der Waals surface area contributed by atoms with Crippen molar-refractivity contribution in [3.63, 3.8) is 0 Å². The van der Waals surface area contributed by atoms with Crippen LogP contribution in [0.2, 0.25) is 0 Å². The van der Waals surface area contributed by atoms with Crippen LogP contribution in [-0.4, -0.2) is 5.78 Å². The molecule has 0 aliphatic carbocycles. The topological polar surface area (TPSA) is 29.1 Å². The van der Waals surface area contributed by atoms with Gasteiger partial charge in [-0.05, 0) is 43.3 Å². The number of Topliss-reactive ketones (excluding diaryl/α,β-unsaturated/α-hetero) is 1. The minimum atomic E-state index is 0.0604. The Hall–Kier alpha value is -1.61. The lowest BCUT2D eigenvalue weighted by atomic mass is 10.1. The predicted octanol–water partition coefficient (Wildman–Crippen LogP) is 4.40. The van der Waals surface area contributed by atoms with Gasteiger partial charge in [0.15, 0.2) is 5.78 Å². The number of para-hydroxylation sites is 1. The van der Waals surface area contributed by atoms with Crippen LogP contribution in [-0.2, 0) is 0 Å². The van der Waals surface area contributed by atoms with E-state index >= 15 is 0 Å². The maximum Gasteiger partial charge on any atom is 0.161 e. The van der Waals surface area contributed by atoms with Gasteiger partial charge >= 0.3 is 0 Å². The summed E-state index contributed by atoms with van der Waals surface area (Å²) in [5, 5.41) is 3.24. The average molecular weight is 290 g/mol. The Morgan fingerprint density at radius 2 is 1.71 bits per heavy atom. The molecule has 0 amide bonds. The van der Waals surface area contributed by atoms with E-state index in [2.05, 4.69) is 21.2 Å². The second-order valence-corrected chi connectivity index (χ2v) is 4.65. The predicted molar refractivity (Wildman–Crippen MR) is 73.9 cm³/mol. The lowest BCUT2D eigenvalue weighted by Gasteiger charge is -2.10. The van der Waals surface area contributed by atoms with E-state index in [0.717, 1.165) is 15.8 Å². The van der Waals surface area contributed by atoms with Gasteiger partial charge in [-0.15, -0.1) is 0 Å². The van der Waals surface area contributed by atoms with Crippen LogP contribution >= 0.6 is 15.9 Å². The summed E-state index contributed by atoms with van der Waals surface area (Å²) in [6.07, 6.45) is 0. The Kier molecular flexibility index (Phi) is 3.59. The van der Waals surface area contributed by atoms with Crippen LogP contribution in [0.25, 0.3) is 0 Å². The highest BCUT2D eigenvalue weighted by molar-refractivity contribution is 9.10. The second kappa shape index (κ2) is 5.15. The summed E-state index contributed by atoms with van der Waals surface area (Å²) in [6, 6.07) is 15.3. The Morgan fingerprint density at radius 1 is 1.06 bits per heavy atom. The zero-order valence-electron chi connectivity index (χ0n) is 9.41. The molecule has 0 heterocycles. The molecule has 0 atom stereocenters. The number of anilines is 2. The molecule has 2 aromatic carbocycles. The number of hydrogen-bond acceptors (Lipinski definition) is 2. The highest BCUT2D eigenvalue weighted by Gasteiger charge is 2.05. The van der Waals surface area contributed by atoms with Crippen LogP contribution in [0.1, 0.15) is 17.3 Å². The van der Waals surface area contributed by atoms with Crippen LogP contribution in [0.4, 0.5) is 11.4 Å². The van der Waals surface area contributed by atoms with Crippen molar-refractivity contribution in [3.05, 3.63) is 58.6 Å². The van der Waals surface area contributed by atoms with Gasteiger partial charge in [0.25, 0.3) is 0 Å². The van der Waals surface area contributed by atoms with Crippen molar-refractivity contribution in [2.45, 2.75) is 6.92 Å². The van der Waals surface area contributed by atoms with Gasteiger partial charge in [0.2, 0.25) is 0 Å². The van der Waals surface area contributed by atoms with Crippen LogP contribution in [0.3, 0.4) is 0 Å². The largest absolute Gasteiger partial charge is 0.355 e. The fourth-order valence-electron chi connectivity index (χ4n) is 1.59. The molecule has 17 heavy (non-hydrogen) atoms. The lowest BCUT2D eigenvalue weighted by Crippen LogP contribution is -1.99. The molecular formula is C14H12BrNO. The van der Waals surface area contributed by atoms with Gasteiger partial charge in [-0.3, -0.25) is 4.79 Å². The molecule has 0 aliphatic heterocycles. The molecule has 86 valence electrons. The molecule has 0 unspecified atom stereocenters. The number of carbonyl (C=O) groups excluding carboxylic acids is 1. The lowest BCUT2D eigenvalue weighted by molar-refractivity contribution is 0.101. The SMILES string of the molecule is CC(=O)c1ccccc1Nc1ccc(Br)cc1. The highest BCUT2D eigenvalue weighted by Crippen LogP contribution is 2.22. The molecule has 0 aliphatic rings. The van der Waals surface area contributed by atoms with Crippen molar-refractivity contribution < 1.29 is 4.79 Å². The number of nitrogens with one attached hydrogen (secondary N) is 1. The summed E-state index contributed by atoms with van der Waals surface area (Å²) in [6.45, 7) is 1.57. The molecule has 0 saturated heterocycles. The zero-order chi connectivity index (χ0) is 12.3. The van der Waals surface area contributed by atoms with E-state index in [9.17, 15) is 4.79 Å². The quantitative estimate of drug-likeness (QED) is 0.849. The van der Waals surface area contributed by atoms with Gasteiger partial charge in [-0.2, -0.15) is 0 Å². The first-order valence-electron chi connectivity index (χ1n) is 5.29. The van der Waals surface area contributed by atoms with E-state index in [1.165, 1.54) is 0 Å². The summed E-state index contributed by atoms with van der Waals surface area (Å²) in [5.74, 6) is 0.0604. The summed E-state index contributed by atoms with van der Waals surface area (Å²) in [5.41, 5.74) is 2.50. The van der Waals surface area contributed by atoms with Crippen LogP contribution in [0.15, 0.2) is 53.0 Å². The first kappa shape index (κ1) is 11.9. The van der Waals surface area contributed by atoms with Gasteiger partial charge in [0, 0.05) is 21.4 Å². The Labute approximate surface area is 109 Å². The number of halogens is 1. The van der Waals surface area contributed by atoms with Crippen molar-refractivity contribution >= 4 is 33.1 Å². The number of hydrogen-bond donors (Lipinski definition) is 1. The Bertz CT molecular complexity index is 534. The zero-order valence-corrected chi connectivity index (χ0v) is 11.0. The van der Waals surface area contributed by atoms with Gasteiger partial charge in [-0.25, -0.2) is 0 Å². The number of benzene rings is 2. The van der Waals surface area contributed by atoms with Gasteiger partial charge in [0.1, 0.15) is 0 Å². The molecule has 0 bridgehead atoms.